The van der Waals surface area contributed by atoms with Gasteiger partial charge in [0.2, 0.25) is 11.8 Å². The van der Waals surface area contributed by atoms with Crippen LogP contribution in [-0.2, 0) is 11.2 Å². The number of nitrogens with zero attached hydrogens (tertiary/aromatic N) is 2. The highest BCUT2D eigenvalue weighted by molar-refractivity contribution is 6.03. The summed E-state index contributed by atoms with van der Waals surface area (Å²) in [7, 11) is 0. The maximum atomic E-state index is 13.8. The van der Waals surface area contributed by atoms with Crippen LogP contribution in [0.3, 0.4) is 0 Å². The highest BCUT2D eigenvalue weighted by Crippen LogP contribution is 2.37. The molecular formula is C29H39N5O2. The molecule has 1 saturated heterocycles. The van der Waals surface area contributed by atoms with Crippen molar-refractivity contribution in [3.63, 3.8) is 0 Å². The molecule has 0 aromatic heterocycles. The highest BCUT2D eigenvalue weighted by atomic mass is 16.2. The molecule has 2 amide bonds. The Morgan fingerprint density at radius 2 is 1.69 bits per heavy atom. The second-order valence-electron chi connectivity index (χ2n) is 10.4. The molecule has 192 valence electrons. The maximum Gasteiger partial charge on any atom is 0.248 e. The molecule has 0 spiro atoms. The van der Waals surface area contributed by atoms with Crippen molar-refractivity contribution in [1.29, 1.82) is 5.41 Å². The van der Waals surface area contributed by atoms with Crippen LogP contribution in [0.15, 0.2) is 42.5 Å². The molecule has 3 atom stereocenters. The van der Waals surface area contributed by atoms with Crippen molar-refractivity contribution < 1.29 is 9.59 Å². The molecule has 5 N–H and O–H groups in total. The zero-order valence-corrected chi connectivity index (χ0v) is 21.5. The topological polar surface area (TPSA) is 117 Å². The molecule has 2 aliphatic heterocycles. The van der Waals surface area contributed by atoms with E-state index in [1.54, 1.807) is 18.2 Å². The zero-order valence-electron chi connectivity index (χ0n) is 21.5. The van der Waals surface area contributed by atoms with Gasteiger partial charge in [0, 0.05) is 35.4 Å². The number of amidine groups is 1. The fourth-order valence-electron chi connectivity index (χ4n) is 5.83. The third kappa shape index (κ3) is 5.62. The van der Waals surface area contributed by atoms with Gasteiger partial charge in [-0.05, 0) is 81.8 Å². The summed E-state index contributed by atoms with van der Waals surface area (Å²) in [5.74, 6) is -0.846. The lowest BCUT2D eigenvalue weighted by Gasteiger charge is -2.39. The van der Waals surface area contributed by atoms with Gasteiger partial charge in [-0.25, -0.2) is 0 Å². The number of nitrogens with one attached hydrogen (secondary N) is 1. The van der Waals surface area contributed by atoms with Crippen molar-refractivity contribution >= 4 is 23.3 Å². The minimum atomic E-state index is -0.494. The van der Waals surface area contributed by atoms with E-state index in [9.17, 15) is 9.59 Å². The lowest BCUT2D eigenvalue weighted by molar-refractivity contribution is -0.120. The summed E-state index contributed by atoms with van der Waals surface area (Å²) in [5.41, 5.74) is 14.9. The van der Waals surface area contributed by atoms with Crippen LogP contribution in [0.2, 0.25) is 0 Å². The molecular weight excluding hydrogens is 450 g/mol. The van der Waals surface area contributed by atoms with Gasteiger partial charge in [-0.2, -0.15) is 0 Å². The van der Waals surface area contributed by atoms with E-state index < -0.39 is 5.91 Å². The molecule has 0 aliphatic carbocycles. The number of fused-ring (bicyclic) bond motifs is 1. The van der Waals surface area contributed by atoms with Crippen LogP contribution < -0.4 is 16.4 Å². The van der Waals surface area contributed by atoms with Crippen LogP contribution in [0.1, 0.15) is 85.3 Å². The number of hydrogen-bond donors (Lipinski definition) is 3. The van der Waals surface area contributed by atoms with Crippen LogP contribution in [0.4, 0.5) is 5.69 Å². The fourth-order valence-corrected chi connectivity index (χ4v) is 5.83. The number of piperidine rings is 1. The third-order valence-electron chi connectivity index (χ3n) is 7.92. The summed E-state index contributed by atoms with van der Waals surface area (Å²) in [6.07, 6.45) is 7.44. The van der Waals surface area contributed by atoms with E-state index in [2.05, 4.69) is 18.7 Å². The summed E-state index contributed by atoms with van der Waals surface area (Å²) >= 11 is 0. The van der Waals surface area contributed by atoms with Crippen LogP contribution >= 0.6 is 0 Å². The summed E-state index contributed by atoms with van der Waals surface area (Å²) in [6.45, 7) is 6.36. The van der Waals surface area contributed by atoms with Crippen molar-refractivity contribution in [3.05, 3.63) is 64.7 Å². The molecule has 1 unspecified atom stereocenters. The van der Waals surface area contributed by atoms with Crippen molar-refractivity contribution in [3.8, 4) is 0 Å². The van der Waals surface area contributed by atoms with Gasteiger partial charge in [-0.1, -0.05) is 37.1 Å². The quantitative estimate of drug-likeness (QED) is 0.278. The lowest BCUT2D eigenvalue weighted by Crippen LogP contribution is -2.44. The number of benzene rings is 2. The Morgan fingerprint density at radius 1 is 0.972 bits per heavy atom. The lowest BCUT2D eigenvalue weighted by atomic mass is 9.85. The molecule has 7 heteroatoms. The van der Waals surface area contributed by atoms with Crippen LogP contribution in [-0.4, -0.2) is 47.7 Å². The van der Waals surface area contributed by atoms with E-state index >= 15 is 0 Å². The third-order valence-corrected chi connectivity index (χ3v) is 7.92. The number of rotatable bonds is 9. The molecule has 36 heavy (non-hydrogen) atoms. The Bertz CT molecular complexity index is 1120. The SMILES string of the molecule is C[C@@H]1CCC[C@H](C)N1CCCCCN1C(=O)C(c2cccc(C(=N)N)c2)Cc2ccc(C(N)=O)cc21. The first-order valence-corrected chi connectivity index (χ1v) is 13.2. The minimum absolute atomic E-state index is 0.0131. The number of likely N-dealkylation sites (tertiary alicyclic amines) is 1. The molecule has 2 aromatic rings. The Morgan fingerprint density at radius 3 is 2.39 bits per heavy atom. The van der Waals surface area contributed by atoms with E-state index in [-0.39, 0.29) is 17.7 Å². The Kier molecular flexibility index (Phi) is 8.09. The van der Waals surface area contributed by atoms with Gasteiger partial charge < -0.3 is 16.4 Å². The standard InChI is InChI=1S/C29H39N5O2/c1-19-8-6-9-20(2)33(19)14-4-3-5-15-34-26-18-24(28(32)35)13-12-22(26)17-25(29(34)36)21-10-7-11-23(16-21)27(30)31/h7,10-13,16,18-20,25H,3-6,8-9,14-15,17H2,1-2H3,(H3,30,31)(H2,32,35)/t19-,20+,25?. The van der Waals surface area contributed by atoms with E-state index in [0.717, 1.165) is 42.6 Å². The van der Waals surface area contributed by atoms with E-state index in [1.165, 1.54) is 19.3 Å². The number of carbonyl (C=O) groups excluding carboxylic acids is 2. The number of hydrogen-bond acceptors (Lipinski definition) is 4. The summed E-state index contributed by atoms with van der Waals surface area (Å²) in [5, 5.41) is 7.78. The molecule has 0 radical (unpaired) electrons. The van der Waals surface area contributed by atoms with Crippen molar-refractivity contribution in [2.75, 3.05) is 18.0 Å². The Labute approximate surface area is 214 Å². The van der Waals surface area contributed by atoms with E-state index in [1.807, 2.05) is 29.2 Å². The predicted molar refractivity (Wildman–Crippen MR) is 145 cm³/mol. The van der Waals surface area contributed by atoms with E-state index in [4.69, 9.17) is 16.9 Å². The number of nitrogens with two attached hydrogens (primary N) is 2. The highest BCUT2D eigenvalue weighted by Gasteiger charge is 2.34. The van der Waals surface area contributed by atoms with Gasteiger partial charge in [0.25, 0.3) is 0 Å². The van der Waals surface area contributed by atoms with Crippen LogP contribution in [0.25, 0.3) is 0 Å². The first-order chi connectivity index (χ1) is 17.3. The van der Waals surface area contributed by atoms with Gasteiger partial charge >= 0.3 is 0 Å². The average Bonchev–Trinajstić information content (AvgIpc) is 2.86. The number of anilines is 1. The second-order valence-corrected chi connectivity index (χ2v) is 10.4. The monoisotopic (exact) mass is 489 g/mol. The van der Waals surface area contributed by atoms with Gasteiger partial charge in [-0.3, -0.25) is 19.9 Å². The molecule has 2 aromatic carbocycles. The zero-order chi connectivity index (χ0) is 25.8. The molecule has 7 nitrogen and oxygen atoms in total. The summed E-state index contributed by atoms with van der Waals surface area (Å²) < 4.78 is 0. The molecule has 0 saturated carbocycles. The number of primary amides is 1. The Hall–Kier alpha value is -3.19. The molecule has 2 aliphatic rings. The van der Waals surface area contributed by atoms with Gasteiger partial charge in [0.05, 0.1) is 5.92 Å². The van der Waals surface area contributed by atoms with Gasteiger partial charge in [0.1, 0.15) is 5.84 Å². The largest absolute Gasteiger partial charge is 0.384 e. The predicted octanol–water partition coefficient (Wildman–Crippen LogP) is 4.18. The fraction of sp³-hybridized carbons (Fsp3) is 0.483. The van der Waals surface area contributed by atoms with E-state index in [0.29, 0.717) is 36.2 Å². The minimum Gasteiger partial charge on any atom is -0.384 e. The second kappa shape index (κ2) is 11.2. The number of carbonyl (C=O) groups is 2. The smallest absolute Gasteiger partial charge is 0.248 e. The van der Waals surface area contributed by atoms with Gasteiger partial charge in [-0.15, -0.1) is 0 Å². The first kappa shape index (κ1) is 25.9. The molecule has 2 heterocycles. The Balaban J connectivity index is 1.49. The molecule has 0 bridgehead atoms. The number of amides is 2. The summed E-state index contributed by atoms with van der Waals surface area (Å²) in [6, 6.07) is 14.1. The normalized spacial score (nSPS) is 22.3. The average molecular weight is 490 g/mol. The number of unbranched alkanes of at least 4 members (excludes halogenated alkanes) is 2. The molecule has 4 rings (SSSR count). The first-order valence-electron chi connectivity index (χ1n) is 13.2. The van der Waals surface area contributed by atoms with Crippen LogP contribution in [0, 0.1) is 5.41 Å². The van der Waals surface area contributed by atoms with Crippen LogP contribution in [0.5, 0.6) is 0 Å². The van der Waals surface area contributed by atoms with Crippen molar-refractivity contribution in [2.24, 2.45) is 11.5 Å². The number of nitrogen functional groups attached to an aromatic ring is 1. The molecule has 1 fully saturated rings. The van der Waals surface area contributed by atoms with Crippen molar-refractivity contribution in [1.82, 2.24) is 4.90 Å². The maximum absolute atomic E-state index is 13.8. The summed E-state index contributed by atoms with van der Waals surface area (Å²) in [4.78, 5) is 30.1. The van der Waals surface area contributed by atoms with Gasteiger partial charge in [0.15, 0.2) is 0 Å². The van der Waals surface area contributed by atoms with Crippen molar-refractivity contribution in [2.45, 2.75) is 76.8 Å².